The number of rotatable bonds is 8. The molecule has 2 aromatic heterocycles. The largest absolute Gasteiger partial charge is 0.493 e. The summed E-state index contributed by atoms with van der Waals surface area (Å²) in [5.74, 6) is 0.191. The van der Waals surface area contributed by atoms with Gasteiger partial charge in [-0.05, 0) is 38.6 Å². The second-order valence-electron chi connectivity index (χ2n) is 8.45. The standard InChI is InChI=1S/C22H29N7O5S/c1-5-7-17-19-20(27(4)24-17)22(30)29(25-31)21(23-19)16-14-15(8-9-18(16)34-6-2)35(32,33)28-12-10-26(3)11-13-28/h8-9,14H,5-7,10-13H2,1-4H3. The lowest BCUT2D eigenvalue weighted by Crippen LogP contribution is -2.47. The van der Waals surface area contributed by atoms with Gasteiger partial charge in [0.2, 0.25) is 10.0 Å². The van der Waals surface area contributed by atoms with E-state index in [1.807, 2.05) is 14.0 Å². The normalized spacial score (nSPS) is 15.5. The van der Waals surface area contributed by atoms with Gasteiger partial charge < -0.3 is 9.64 Å². The molecule has 12 nitrogen and oxygen atoms in total. The SMILES string of the molecule is CCCc1nn(C)c2c(=O)n(N=O)c(-c3cc(S(=O)(=O)N4CCN(C)CC4)ccc3OCC)nc12. The van der Waals surface area contributed by atoms with Crippen LogP contribution in [0.3, 0.4) is 0 Å². The van der Waals surface area contributed by atoms with Crippen LogP contribution in [-0.4, -0.2) is 76.9 Å². The van der Waals surface area contributed by atoms with Crippen LogP contribution < -0.4 is 10.3 Å². The quantitative estimate of drug-likeness (QED) is 0.424. The second-order valence-corrected chi connectivity index (χ2v) is 10.4. The molecule has 0 spiro atoms. The highest BCUT2D eigenvalue weighted by Gasteiger charge is 2.29. The second kappa shape index (κ2) is 9.84. The maximum Gasteiger partial charge on any atom is 0.303 e. The van der Waals surface area contributed by atoms with Crippen LogP contribution in [0, 0.1) is 4.91 Å². The summed E-state index contributed by atoms with van der Waals surface area (Å²) in [6, 6.07) is 4.37. The molecular formula is C22H29N7O5S. The molecule has 4 rings (SSSR count). The van der Waals surface area contributed by atoms with Crippen LogP contribution in [0.4, 0.5) is 0 Å². The Kier molecular flexibility index (Phi) is 7.01. The summed E-state index contributed by atoms with van der Waals surface area (Å²) in [5.41, 5.74) is 0.611. The highest BCUT2D eigenvalue weighted by Crippen LogP contribution is 2.33. The van der Waals surface area contributed by atoms with Crippen LogP contribution in [0.25, 0.3) is 22.4 Å². The van der Waals surface area contributed by atoms with Crippen molar-refractivity contribution in [2.75, 3.05) is 39.8 Å². The average molecular weight is 504 g/mol. The first-order chi connectivity index (χ1) is 16.7. The zero-order valence-corrected chi connectivity index (χ0v) is 21.1. The Hall–Kier alpha value is -3.16. The third-order valence-electron chi connectivity index (χ3n) is 6.07. The highest BCUT2D eigenvalue weighted by molar-refractivity contribution is 7.89. The maximum atomic E-state index is 13.4. The predicted octanol–water partition coefficient (Wildman–Crippen LogP) is 1.61. The number of aryl methyl sites for hydroxylation is 2. The van der Waals surface area contributed by atoms with Gasteiger partial charge in [0.15, 0.2) is 11.3 Å². The van der Waals surface area contributed by atoms with E-state index in [0.29, 0.717) is 48.5 Å². The number of fused-ring (bicyclic) bond motifs is 1. The van der Waals surface area contributed by atoms with Crippen molar-refractivity contribution >= 4 is 21.1 Å². The van der Waals surface area contributed by atoms with Gasteiger partial charge in [0.1, 0.15) is 11.3 Å². The summed E-state index contributed by atoms with van der Waals surface area (Å²) in [7, 11) is -0.274. The fraction of sp³-hybridized carbons (Fsp3) is 0.500. The number of aromatic nitrogens is 4. The lowest BCUT2D eigenvalue weighted by molar-refractivity contribution is 0.222. The monoisotopic (exact) mass is 503 g/mol. The molecule has 13 heteroatoms. The predicted molar refractivity (Wildman–Crippen MR) is 131 cm³/mol. The fourth-order valence-electron chi connectivity index (χ4n) is 4.23. The van der Waals surface area contributed by atoms with Crippen molar-refractivity contribution in [3.8, 4) is 17.1 Å². The van der Waals surface area contributed by atoms with Gasteiger partial charge in [0, 0.05) is 33.2 Å². The number of hydrogen-bond donors (Lipinski definition) is 0. The summed E-state index contributed by atoms with van der Waals surface area (Å²) in [6.07, 6.45) is 1.36. The van der Waals surface area contributed by atoms with E-state index in [2.05, 4.69) is 20.3 Å². The first-order valence-corrected chi connectivity index (χ1v) is 12.9. The Bertz CT molecular complexity index is 1420. The van der Waals surface area contributed by atoms with Crippen molar-refractivity contribution in [1.82, 2.24) is 28.6 Å². The summed E-state index contributed by atoms with van der Waals surface area (Å²) in [4.78, 5) is 31.7. The Morgan fingerprint density at radius 2 is 1.83 bits per heavy atom. The van der Waals surface area contributed by atoms with Gasteiger partial charge in [0.25, 0.3) is 0 Å². The Balaban J connectivity index is 1.94. The van der Waals surface area contributed by atoms with Gasteiger partial charge in [-0.2, -0.15) is 9.40 Å². The Morgan fingerprint density at radius 3 is 2.46 bits per heavy atom. The van der Waals surface area contributed by atoms with Gasteiger partial charge in [-0.1, -0.05) is 13.3 Å². The van der Waals surface area contributed by atoms with Gasteiger partial charge in [-0.25, -0.2) is 13.4 Å². The van der Waals surface area contributed by atoms with E-state index in [1.165, 1.54) is 27.2 Å². The van der Waals surface area contributed by atoms with E-state index in [-0.39, 0.29) is 34.2 Å². The van der Waals surface area contributed by atoms with Crippen LogP contribution >= 0.6 is 0 Å². The molecule has 0 aliphatic carbocycles. The third kappa shape index (κ3) is 4.46. The van der Waals surface area contributed by atoms with Gasteiger partial charge >= 0.3 is 5.56 Å². The minimum atomic E-state index is -3.82. The van der Waals surface area contributed by atoms with Gasteiger partial charge in [-0.15, -0.1) is 9.58 Å². The lowest BCUT2D eigenvalue weighted by Gasteiger charge is -2.31. The molecule has 188 valence electrons. The van der Waals surface area contributed by atoms with Gasteiger partial charge in [-0.3, -0.25) is 9.48 Å². The smallest absolute Gasteiger partial charge is 0.303 e. The molecule has 0 amide bonds. The minimum absolute atomic E-state index is 0.0206. The van der Waals surface area contributed by atoms with Crippen LogP contribution in [0.1, 0.15) is 26.0 Å². The zero-order valence-electron chi connectivity index (χ0n) is 20.3. The van der Waals surface area contributed by atoms with E-state index in [4.69, 9.17) is 4.74 Å². The number of nitrogens with zero attached hydrogens (tertiary/aromatic N) is 7. The number of likely N-dealkylation sites (N-methyl/N-ethyl adjacent to an activating group) is 1. The summed E-state index contributed by atoms with van der Waals surface area (Å²) in [6.45, 7) is 6.02. The molecule has 3 heterocycles. The maximum absolute atomic E-state index is 13.4. The summed E-state index contributed by atoms with van der Waals surface area (Å²) >= 11 is 0. The molecular weight excluding hydrogens is 474 g/mol. The van der Waals surface area contributed by atoms with Gasteiger partial charge in [0.05, 0.1) is 28.0 Å². The first kappa shape index (κ1) is 24.9. The molecule has 0 unspecified atom stereocenters. The van der Waals surface area contributed by atoms with Crippen molar-refractivity contribution in [1.29, 1.82) is 0 Å². The number of nitroso groups, excluding NO2 is 1. The third-order valence-corrected chi connectivity index (χ3v) is 7.96. The number of piperazine rings is 1. The molecule has 1 aliphatic rings. The molecule has 1 fully saturated rings. The van der Waals surface area contributed by atoms with Crippen molar-refractivity contribution < 1.29 is 13.2 Å². The summed E-state index contributed by atoms with van der Waals surface area (Å²) in [5, 5.41) is 7.31. The lowest BCUT2D eigenvalue weighted by atomic mass is 10.1. The molecule has 0 bridgehead atoms. The molecule has 1 aromatic carbocycles. The van der Waals surface area contributed by atoms with Crippen molar-refractivity contribution in [2.45, 2.75) is 31.6 Å². The number of ether oxygens (including phenoxy) is 1. The Morgan fingerprint density at radius 1 is 1.11 bits per heavy atom. The van der Waals surface area contributed by atoms with Crippen LogP contribution in [0.5, 0.6) is 5.75 Å². The summed E-state index contributed by atoms with van der Waals surface area (Å²) < 4.78 is 36.0. The zero-order chi connectivity index (χ0) is 25.3. The van der Waals surface area contributed by atoms with Crippen molar-refractivity contribution in [3.05, 3.63) is 39.2 Å². The average Bonchev–Trinajstić information content (AvgIpc) is 3.15. The van der Waals surface area contributed by atoms with Crippen LogP contribution in [0.2, 0.25) is 0 Å². The number of sulfonamides is 1. The molecule has 3 aromatic rings. The van der Waals surface area contributed by atoms with E-state index < -0.39 is 15.6 Å². The van der Waals surface area contributed by atoms with Crippen molar-refractivity contribution in [2.24, 2.45) is 12.3 Å². The number of benzene rings is 1. The molecule has 1 aliphatic heterocycles. The molecule has 0 radical (unpaired) electrons. The van der Waals surface area contributed by atoms with Crippen molar-refractivity contribution in [3.63, 3.8) is 0 Å². The van der Waals surface area contributed by atoms with Crippen LogP contribution in [0.15, 0.2) is 33.2 Å². The van der Waals surface area contributed by atoms with E-state index in [9.17, 15) is 18.1 Å². The first-order valence-electron chi connectivity index (χ1n) is 11.5. The van der Waals surface area contributed by atoms with Crippen LogP contribution in [-0.2, 0) is 23.5 Å². The van der Waals surface area contributed by atoms with E-state index in [0.717, 1.165) is 6.42 Å². The molecule has 0 saturated carbocycles. The molecule has 0 N–H and O–H groups in total. The molecule has 35 heavy (non-hydrogen) atoms. The molecule has 0 atom stereocenters. The fourth-order valence-corrected chi connectivity index (χ4v) is 5.68. The van der Waals surface area contributed by atoms with E-state index in [1.54, 1.807) is 14.0 Å². The topological polar surface area (TPSA) is 132 Å². The van der Waals surface area contributed by atoms with E-state index >= 15 is 0 Å². The Labute approximate surface area is 203 Å². The number of hydrogen-bond acceptors (Lipinski definition) is 9. The minimum Gasteiger partial charge on any atom is -0.493 e. The molecule has 1 saturated heterocycles. The highest BCUT2D eigenvalue weighted by atomic mass is 32.2.